The smallest absolute Gasteiger partial charge is 0.142 e. The number of hydrogen-bond acceptors (Lipinski definition) is 3. The number of aliphatic hydroxyl groups excluding tert-OH is 1. The second-order valence-electron chi connectivity index (χ2n) is 4.69. The minimum atomic E-state index is 0.180. The Bertz CT molecular complexity index is 397. The summed E-state index contributed by atoms with van der Waals surface area (Å²) in [5.41, 5.74) is 0.954. The maximum atomic E-state index is 8.75. The molecule has 3 nitrogen and oxygen atoms in total. The van der Waals surface area contributed by atoms with Crippen molar-refractivity contribution in [2.24, 2.45) is 0 Å². The molecule has 1 aromatic carbocycles. The molecule has 0 bridgehead atoms. The lowest BCUT2D eigenvalue weighted by molar-refractivity contribution is 0.252. The van der Waals surface area contributed by atoms with Crippen molar-refractivity contribution in [2.75, 3.05) is 13.2 Å². The van der Waals surface area contributed by atoms with Gasteiger partial charge < -0.3 is 15.2 Å². The largest absolute Gasteiger partial charge is 0.492 e. The van der Waals surface area contributed by atoms with Gasteiger partial charge in [0.05, 0.1) is 11.6 Å². The van der Waals surface area contributed by atoms with Gasteiger partial charge in [0.25, 0.3) is 0 Å². The fraction of sp³-hybridized carbons (Fsp3) is 0.571. The normalized spacial score (nSPS) is 11.1. The number of nitrogens with one attached hydrogen (secondary N) is 1. The molecule has 0 aliphatic heterocycles. The quantitative estimate of drug-likeness (QED) is 0.720. The Morgan fingerprint density at radius 1 is 1.26 bits per heavy atom. The molecule has 0 aliphatic carbocycles. The first-order chi connectivity index (χ1) is 9.04. The van der Waals surface area contributed by atoms with Gasteiger partial charge in [-0.25, -0.2) is 0 Å². The second-order valence-corrected chi connectivity index (χ2v) is 5.53. The summed E-state index contributed by atoms with van der Waals surface area (Å²) in [6, 6.07) is 3.92. The standard InChI is InChI=1S/C14H21Cl2NO2/c1-10(2)17-9-11-7-12(15)8-13(16)14(11)19-6-4-3-5-18/h7-8,10,17-18H,3-6,9H2,1-2H3. The molecule has 0 saturated heterocycles. The van der Waals surface area contributed by atoms with E-state index in [0.29, 0.717) is 35.0 Å². The van der Waals surface area contributed by atoms with Crippen LogP contribution in [0.1, 0.15) is 32.3 Å². The lowest BCUT2D eigenvalue weighted by atomic mass is 10.2. The molecule has 0 aliphatic rings. The minimum absolute atomic E-state index is 0.180. The molecule has 5 heteroatoms. The van der Waals surface area contributed by atoms with Crippen LogP contribution in [-0.4, -0.2) is 24.4 Å². The highest BCUT2D eigenvalue weighted by atomic mass is 35.5. The van der Waals surface area contributed by atoms with Crippen LogP contribution in [0.25, 0.3) is 0 Å². The van der Waals surface area contributed by atoms with Gasteiger partial charge >= 0.3 is 0 Å². The molecule has 0 saturated carbocycles. The van der Waals surface area contributed by atoms with E-state index in [2.05, 4.69) is 19.2 Å². The van der Waals surface area contributed by atoms with Gasteiger partial charge in [0, 0.05) is 29.8 Å². The first kappa shape index (κ1) is 16.6. The van der Waals surface area contributed by atoms with Crippen molar-refractivity contribution < 1.29 is 9.84 Å². The lowest BCUT2D eigenvalue weighted by Gasteiger charge is -2.15. The van der Waals surface area contributed by atoms with E-state index >= 15 is 0 Å². The van der Waals surface area contributed by atoms with Crippen LogP contribution in [0.5, 0.6) is 5.75 Å². The topological polar surface area (TPSA) is 41.5 Å². The summed E-state index contributed by atoms with van der Waals surface area (Å²) in [6.45, 7) is 5.53. The van der Waals surface area contributed by atoms with Crippen LogP contribution in [0.3, 0.4) is 0 Å². The van der Waals surface area contributed by atoms with E-state index < -0.39 is 0 Å². The zero-order valence-corrected chi connectivity index (χ0v) is 12.9. The highest BCUT2D eigenvalue weighted by Crippen LogP contribution is 2.32. The van der Waals surface area contributed by atoms with E-state index in [1.165, 1.54) is 0 Å². The lowest BCUT2D eigenvalue weighted by Crippen LogP contribution is -2.22. The van der Waals surface area contributed by atoms with Gasteiger partial charge in [-0.1, -0.05) is 37.0 Å². The van der Waals surface area contributed by atoms with Crippen molar-refractivity contribution in [3.8, 4) is 5.75 Å². The minimum Gasteiger partial charge on any atom is -0.492 e. The molecule has 0 heterocycles. The number of unbranched alkanes of at least 4 members (excludes halogenated alkanes) is 1. The highest BCUT2D eigenvalue weighted by molar-refractivity contribution is 6.35. The Kier molecular flexibility index (Phi) is 7.54. The summed E-state index contributed by atoms with van der Waals surface area (Å²) in [4.78, 5) is 0. The third-order valence-corrected chi connectivity index (χ3v) is 3.08. The fourth-order valence-electron chi connectivity index (χ4n) is 1.61. The van der Waals surface area contributed by atoms with Gasteiger partial charge in [-0.2, -0.15) is 0 Å². The predicted molar refractivity (Wildman–Crippen MR) is 80.3 cm³/mol. The van der Waals surface area contributed by atoms with Crippen molar-refractivity contribution in [3.63, 3.8) is 0 Å². The summed E-state index contributed by atoms with van der Waals surface area (Å²) >= 11 is 12.2. The Morgan fingerprint density at radius 3 is 2.63 bits per heavy atom. The molecule has 0 spiro atoms. The molecule has 0 amide bonds. The zero-order valence-electron chi connectivity index (χ0n) is 11.4. The van der Waals surface area contributed by atoms with Gasteiger partial charge in [-0.3, -0.25) is 0 Å². The van der Waals surface area contributed by atoms with Gasteiger partial charge in [-0.05, 0) is 25.0 Å². The van der Waals surface area contributed by atoms with Crippen molar-refractivity contribution in [1.29, 1.82) is 0 Å². The van der Waals surface area contributed by atoms with E-state index in [9.17, 15) is 0 Å². The first-order valence-electron chi connectivity index (χ1n) is 6.49. The summed E-state index contributed by atoms with van der Waals surface area (Å²) in [5.74, 6) is 0.678. The van der Waals surface area contributed by atoms with Crippen molar-refractivity contribution in [3.05, 3.63) is 27.7 Å². The van der Waals surface area contributed by atoms with Crippen molar-refractivity contribution in [2.45, 2.75) is 39.3 Å². The van der Waals surface area contributed by atoms with E-state index in [1.54, 1.807) is 6.07 Å². The molecule has 0 radical (unpaired) electrons. The van der Waals surface area contributed by atoms with Gasteiger partial charge in [-0.15, -0.1) is 0 Å². The molecule has 108 valence electrons. The van der Waals surface area contributed by atoms with Crippen LogP contribution in [-0.2, 0) is 6.54 Å². The molecular weight excluding hydrogens is 285 g/mol. The zero-order chi connectivity index (χ0) is 14.3. The monoisotopic (exact) mass is 305 g/mol. The summed E-state index contributed by atoms with van der Waals surface area (Å²) in [5, 5.41) is 13.2. The summed E-state index contributed by atoms with van der Waals surface area (Å²) < 4.78 is 5.72. The van der Waals surface area contributed by atoms with E-state index in [1.807, 2.05) is 6.07 Å². The molecule has 1 aromatic rings. The molecular formula is C14H21Cl2NO2. The molecule has 19 heavy (non-hydrogen) atoms. The van der Waals surface area contributed by atoms with E-state index in [-0.39, 0.29) is 6.61 Å². The number of hydrogen-bond donors (Lipinski definition) is 2. The average molecular weight is 306 g/mol. The maximum Gasteiger partial charge on any atom is 0.142 e. The Labute approximate surface area is 124 Å². The van der Waals surface area contributed by atoms with E-state index in [0.717, 1.165) is 18.4 Å². The van der Waals surface area contributed by atoms with Gasteiger partial charge in [0.15, 0.2) is 0 Å². The predicted octanol–water partition coefficient (Wildman–Crippen LogP) is 3.64. The molecule has 1 rings (SSSR count). The number of ether oxygens (including phenoxy) is 1. The van der Waals surface area contributed by atoms with Crippen molar-refractivity contribution >= 4 is 23.2 Å². The van der Waals surface area contributed by atoms with Crippen LogP contribution in [0.2, 0.25) is 10.0 Å². The first-order valence-corrected chi connectivity index (χ1v) is 7.25. The number of aliphatic hydroxyl groups is 1. The Morgan fingerprint density at radius 2 is 2.00 bits per heavy atom. The van der Waals surface area contributed by atoms with Crippen LogP contribution in [0, 0.1) is 0 Å². The molecule has 0 atom stereocenters. The van der Waals surface area contributed by atoms with Crippen LogP contribution in [0.15, 0.2) is 12.1 Å². The van der Waals surface area contributed by atoms with Gasteiger partial charge in [0.2, 0.25) is 0 Å². The Hall–Kier alpha value is -0.480. The number of rotatable bonds is 8. The number of benzene rings is 1. The number of halogens is 2. The summed E-state index contributed by atoms with van der Waals surface area (Å²) in [7, 11) is 0. The van der Waals surface area contributed by atoms with Crippen molar-refractivity contribution in [1.82, 2.24) is 5.32 Å². The third-order valence-electron chi connectivity index (χ3n) is 2.58. The molecule has 0 fully saturated rings. The Balaban J connectivity index is 2.74. The van der Waals surface area contributed by atoms with Gasteiger partial charge in [0.1, 0.15) is 5.75 Å². The van der Waals surface area contributed by atoms with Crippen LogP contribution in [0.4, 0.5) is 0 Å². The SMILES string of the molecule is CC(C)NCc1cc(Cl)cc(Cl)c1OCCCCO. The third kappa shape index (κ3) is 6.00. The second kappa shape index (κ2) is 8.64. The van der Waals surface area contributed by atoms with Crippen LogP contribution >= 0.6 is 23.2 Å². The molecule has 0 unspecified atom stereocenters. The van der Waals surface area contributed by atoms with Crippen LogP contribution < -0.4 is 10.1 Å². The maximum absolute atomic E-state index is 8.75. The molecule has 0 aromatic heterocycles. The fourth-order valence-corrected chi connectivity index (χ4v) is 2.20. The molecule has 2 N–H and O–H groups in total. The van der Waals surface area contributed by atoms with E-state index in [4.69, 9.17) is 33.0 Å². The average Bonchev–Trinajstić information content (AvgIpc) is 2.34. The highest BCUT2D eigenvalue weighted by Gasteiger charge is 2.11. The summed E-state index contributed by atoms with van der Waals surface area (Å²) in [6.07, 6.45) is 1.53.